The summed E-state index contributed by atoms with van der Waals surface area (Å²) in [5, 5.41) is 12.2. The summed E-state index contributed by atoms with van der Waals surface area (Å²) in [5.74, 6) is -1.81. The Morgan fingerprint density at radius 1 is 1.30 bits per heavy atom. The molecule has 1 N–H and O–H groups in total. The molecule has 1 aliphatic rings. The first-order chi connectivity index (χ1) is 15.8. The Labute approximate surface area is 196 Å². The molecule has 0 radical (unpaired) electrons. The van der Waals surface area contributed by atoms with Crippen molar-refractivity contribution in [3.63, 3.8) is 0 Å². The van der Waals surface area contributed by atoms with Gasteiger partial charge in [-0.25, -0.2) is 18.7 Å². The van der Waals surface area contributed by atoms with Gasteiger partial charge in [-0.3, -0.25) is 9.59 Å². The second kappa shape index (κ2) is 9.29. The number of benzene rings is 1. The molecule has 33 heavy (non-hydrogen) atoms. The number of nitriles is 1. The lowest BCUT2D eigenvalue weighted by Gasteiger charge is -2.24. The zero-order valence-corrected chi connectivity index (χ0v) is 18.4. The van der Waals surface area contributed by atoms with E-state index in [2.05, 4.69) is 15.3 Å². The summed E-state index contributed by atoms with van der Waals surface area (Å²) in [6, 6.07) is 5.30. The van der Waals surface area contributed by atoms with Crippen molar-refractivity contribution in [2.24, 2.45) is 0 Å². The van der Waals surface area contributed by atoms with E-state index in [9.17, 15) is 23.6 Å². The summed E-state index contributed by atoms with van der Waals surface area (Å²) in [7, 11) is 0. The summed E-state index contributed by atoms with van der Waals surface area (Å²) >= 11 is 11.8. The highest BCUT2D eigenvalue weighted by Gasteiger charge is 2.39. The van der Waals surface area contributed by atoms with Crippen LogP contribution in [0, 0.1) is 17.1 Å². The van der Waals surface area contributed by atoms with Gasteiger partial charge in [0.05, 0.1) is 22.5 Å². The molecule has 1 aliphatic heterocycles. The number of rotatable bonds is 5. The van der Waals surface area contributed by atoms with Crippen LogP contribution < -0.4 is 5.32 Å². The van der Waals surface area contributed by atoms with Crippen molar-refractivity contribution in [1.82, 2.24) is 24.8 Å². The van der Waals surface area contributed by atoms with Crippen LogP contribution in [0.15, 0.2) is 30.7 Å². The van der Waals surface area contributed by atoms with Crippen LogP contribution >= 0.6 is 23.2 Å². The summed E-state index contributed by atoms with van der Waals surface area (Å²) in [6.07, 6.45) is 1.04. The molecule has 170 valence electrons. The number of hydrogen-bond acceptors (Lipinski definition) is 5. The first-order valence-corrected chi connectivity index (χ1v) is 10.6. The van der Waals surface area contributed by atoms with Crippen LogP contribution in [0.4, 0.5) is 8.78 Å². The van der Waals surface area contributed by atoms with Gasteiger partial charge >= 0.3 is 0 Å². The van der Waals surface area contributed by atoms with E-state index >= 15 is 0 Å². The molecule has 8 nitrogen and oxygen atoms in total. The van der Waals surface area contributed by atoms with Gasteiger partial charge in [0.1, 0.15) is 47.8 Å². The van der Waals surface area contributed by atoms with E-state index in [1.54, 1.807) is 6.07 Å². The Morgan fingerprint density at radius 2 is 2.09 bits per heavy atom. The van der Waals surface area contributed by atoms with E-state index in [1.165, 1.54) is 29.2 Å². The highest BCUT2D eigenvalue weighted by atomic mass is 35.5. The molecule has 2 unspecified atom stereocenters. The Morgan fingerprint density at radius 3 is 2.85 bits per heavy atom. The molecule has 12 heteroatoms. The Balaban J connectivity index is 1.51. The smallest absolute Gasteiger partial charge is 0.243 e. The van der Waals surface area contributed by atoms with Crippen molar-refractivity contribution in [1.29, 1.82) is 5.26 Å². The van der Waals surface area contributed by atoms with E-state index in [4.69, 9.17) is 23.2 Å². The number of carbonyl (C=O) groups is 2. The summed E-state index contributed by atoms with van der Waals surface area (Å²) < 4.78 is 29.7. The van der Waals surface area contributed by atoms with Gasteiger partial charge in [-0.2, -0.15) is 5.26 Å². The van der Waals surface area contributed by atoms with Gasteiger partial charge in [0.2, 0.25) is 11.8 Å². The van der Waals surface area contributed by atoms with Crippen molar-refractivity contribution >= 4 is 46.0 Å². The molecule has 2 amide bonds. The number of nitrogens with one attached hydrogen (secondary N) is 1. The molecular formula is C21H16Cl2F2N6O2. The normalized spacial score (nSPS) is 17.8. The first-order valence-electron chi connectivity index (χ1n) is 9.83. The van der Waals surface area contributed by atoms with Crippen LogP contribution in [-0.4, -0.2) is 50.0 Å². The zero-order valence-electron chi connectivity index (χ0n) is 16.9. The van der Waals surface area contributed by atoms with Gasteiger partial charge < -0.3 is 14.8 Å². The maximum atomic E-state index is 14.2. The van der Waals surface area contributed by atoms with Gasteiger partial charge in [0, 0.05) is 24.7 Å². The fraction of sp³-hybridized carbons (Fsp3) is 0.286. The van der Waals surface area contributed by atoms with Crippen molar-refractivity contribution < 1.29 is 18.4 Å². The van der Waals surface area contributed by atoms with Gasteiger partial charge in [0.25, 0.3) is 0 Å². The molecular weight excluding hydrogens is 477 g/mol. The van der Waals surface area contributed by atoms with Gasteiger partial charge in [-0.05, 0) is 6.07 Å². The number of halogens is 4. The Hall–Kier alpha value is -3.29. The highest BCUT2D eigenvalue weighted by molar-refractivity contribution is 6.34. The summed E-state index contributed by atoms with van der Waals surface area (Å²) in [6.45, 7) is -0.711. The minimum absolute atomic E-state index is 0.0678. The molecule has 0 aliphatic carbocycles. The van der Waals surface area contributed by atoms with Gasteiger partial charge in [-0.1, -0.05) is 35.3 Å². The topological polar surface area (TPSA) is 104 Å². The van der Waals surface area contributed by atoms with Gasteiger partial charge in [-0.15, -0.1) is 0 Å². The molecule has 1 fully saturated rings. The zero-order chi connectivity index (χ0) is 23.7. The maximum Gasteiger partial charge on any atom is 0.243 e. The molecule has 0 spiro atoms. The molecule has 0 bridgehead atoms. The lowest BCUT2D eigenvalue weighted by Crippen LogP contribution is -2.46. The molecule has 3 heterocycles. The summed E-state index contributed by atoms with van der Waals surface area (Å²) in [5.41, 5.74) is 0.627. The van der Waals surface area contributed by atoms with Gasteiger partial charge in [0.15, 0.2) is 0 Å². The highest BCUT2D eigenvalue weighted by Crippen LogP contribution is 2.26. The van der Waals surface area contributed by atoms with Crippen LogP contribution in [0.5, 0.6) is 0 Å². The summed E-state index contributed by atoms with van der Waals surface area (Å²) in [4.78, 5) is 34.8. The number of carbonyl (C=O) groups excluding carboxylic acids is 2. The molecule has 4 rings (SSSR count). The molecule has 1 aromatic carbocycles. The lowest BCUT2D eigenvalue weighted by molar-refractivity contribution is -0.139. The third-order valence-electron chi connectivity index (χ3n) is 5.39. The van der Waals surface area contributed by atoms with Crippen LogP contribution in [0.3, 0.4) is 0 Å². The van der Waals surface area contributed by atoms with Crippen LogP contribution in [0.2, 0.25) is 10.2 Å². The predicted molar refractivity (Wildman–Crippen MR) is 116 cm³/mol. The largest absolute Gasteiger partial charge is 0.350 e. The lowest BCUT2D eigenvalue weighted by atomic mass is 10.1. The number of hydrogen-bond donors (Lipinski definition) is 1. The number of aromatic nitrogens is 3. The van der Waals surface area contributed by atoms with E-state index in [0.29, 0.717) is 5.39 Å². The third-order valence-corrected chi connectivity index (χ3v) is 5.97. The minimum atomic E-state index is -1.39. The first kappa shape index (κ1) is 22.9. The van der Waals surface area contributed by atoms with Crippen molar-refractivity contribution in [3.8, 4) is 6.07 Å². The number of fused-ring (bicyclic) bond motifs is 1. The van der Waals surface area contributed by atoms with Crippen LogP contribution in [0.1, 0.15) is 17.5 Å². The maximum absolute atomic E-state index is 14.2. The van der Waals surface area contributed by atoms with Crippen LogP contribution in [0.25, 0.3) is 11.0 Å². The fourth-order valence-electron chi connectivity index (χ4n) is 3.82. The molecule has 2 atom stereocenters. The Kier molecular flexibility index (Phi) is 6.44. The van der Waals surface area contributed by atoms with E-state index in [1.807, 2.05) is 6.07 Å². The second-order valence-corrected chi connectivity index (χ2v) is 8.24. The molecule has 1 saturated heterocycles. The molecule has 0 saturated carbocycles. The predicted octanol–water partition coefficient (Wildman–Crippen LogP) is 3.00. The number of likely N-dealkylation sites (tertiary alicyclic amines) is 1. The minimum Gasteiger partial charge on any atom is -0.350 e. The van der Waals surface area contributed by atoms with Crippen LogP contribution in [-0.2, 0) is 22.7 Å². The van der Waals surface area contributed by atoms with Crippen molar-refractivity contribution in [3.05, 3.63) is 57.8 Å². The fourth-order valence-corrected chi connectivity index (χ4v) is 4.25. The SMILES string of the molecule is N#Cc1cn(CC(=O)N2CC(F)CC2C(=O)NCc2cccc(Cl)c2F)c2ncnc(Cl)c12. The molecule has 3 aromatic rings. The van der Waals surface area contributed by atoms with E-state index in [-0.39, 0.29) is 53.0 Å². The number of alkyl halides is 1. The molecule has 2 aromatic heterocycles. The van der Waals surface area contributed by atoms with Crippen molar-refractivity contribution in [2.45, 2.75) is 31.7 Å². The third kappa shape index (κ3) is 4.47. The number of nitrogens with zero attached hydrogens (tertiary/aromatic N) is 5. The Bertz CT molecular complexity index is 1290. The average Bonchev–Trinajstić information content (AvgIpc) is 3.36. The van der Waals surface area contributed by atoms with Crippen molar-refractivity contribution in [2.75, 3.05) is 6.54 Å². The second-order valence-electron chi connectivity index (χ2n) is 7.47. The average molecular weight is 493 g/mol. The monoisotopic (exact) mass is 492 g/mol. The van der Waals surface area contributed by atoms with E-state index < -0.39 is 29.8 Å². The van der Waals surface area contributed by atoms with E-state index in [0.717, 1.165) is 4.90 Å². The quantitative estimate of drug-likeness (QED) is 0.551. The number of amides is 2. The standard InChI is InChI=1S/C21H16Cl2F2N6O2/c22-14-3-1-2-11(18(14)25)6-27-21(33)15-4-13(24)8-31(15)16(32)9-30-7-12(5-26)17-19(23)28-10-29-20(17)30/h1-3,7,10,13,15H,4,6,8-9H2,(H,27,33).